The lowest BCUT2D eigenvalue weighted by Gasteiger charge is -2.33. The summed E-state index contributed by atoms with van der Waals surface area (Å²) >= 11 is 0. The molecule has 0 amide bonds. The number of benzene rings is 1. The highest BCUT2D eigenvalue weighted by Gasteiger charge is 2.26. The van der Waals surface area contributed by atoms with E-state index in [1.165, 1.54) is 12.7 Å². The van der Waals surface area contributed by atoms with Crippen molar-refractivity contribution in [1.29, 1.82) is 0 Å². The van der Waals surface area contributed by atoms with Crippen LogP contribution in [0.1, 0.15) is 32.3 Å². The molecular weight excluding hydrogens is 342 g/mol. The number of piperidine rings is 1. The van der Waals surface area contributed by atoms with Crippen LogP contribution >= 0.6 is 0 Å². The molecule has 2 rings (SSSR count). The van der Waals surface area contributed by atoms with Gasteiger partial charge in [-0.1, -0.05) is 26.0 Å². The number of esters is 1. The molecule has 1 fully saturated rings. The summed E-state index contributed by atoms with van der Waals surface area (Å²) in [4.78, 5) is 18.2. The Kier molecular flexibility index (Phi) is 8.43. The Bertz CT molecular complexity index is 606. The van der Waals surface area contributed by atoms with Crippen LogP contribution in [0, 0.1) is 11.8 Å². The number of nitrogens with one attached hydrogen (secondary N) is 1. The Labute approximate surface area is 162 Å². The van der Waals surface area contributed by atoms with E-state index in [-0.39, 0.29) is 11.9 Å². The number of rotatable bonds is 7. The second-order valence-corrected chi connectivity index (χ2v) is 7.36. The van der Waals surface area contributed by atoms with Crippen LogP contribution in [0.3, 0.4) is 0 Å². The first-order chi connectivity index (χ1) is 13.0. The highest BCUT2D eigenvalue weighted by atomic mass is 16.5. The van der Waals surface area contributed by atoms with Gasteiger partial charge in [0, 0.05) is 26.7 Å². The number of likely N-dealkylation sites (tertiary alicyclic amines) is 1. The maximum Gasteiger partial charge on any atom is 0.308 e. The largest absolute Gasteiger partial charge is 0.493 e. The zero-order valence-corrected chi connectivity index (χ0v) is 17.0. The van der Waals surface area contributed by atoms with Gasteiger partial charge in [-0.25, -0.2) is 0 Å². The molecule has 0 unspecified atom stereocenters. The van der Waals surface area contributed by atoms with E-state index < -0.39 is 0 Å². The summed E-state index contributed by atoms with van der Waals surface area (Å²) in [6, 6.07) is 8.29. The van der Waals surface area contributed by atoms with E-state index in [4.69, 9.17) is 9.47 Å². The van der Waals surface area contributed by atoms with Gasteiger partial charge in [0.1, 0.15) is 5.75 Å². The molecule has 0 bridgehead atoms. The van der Waals surface area contributed by atoms with Gasteiger partial charge in [-0.3, -0.25) is 9.79 Å². The van der Waals surface area contributed by atoms with Crippen molar-refractivity contribution >= 4 is 11.9 Å². The predicted molar refractivity (Wildman–Crippen MR) is 108 cm³/mol. The van der Waals surface area contributed by atoms with Gasteiger partial charge < -0.3 is 19.7 Å². The number of carbonyl (C=O) groups is 1. The van der Waals surface area contributed by atoms with Crippen LogP contribution in [-0.4, -0.2) is 57.2 Å². The number of aliphatic imine (C=N–C) groups is 1. The summed E-state index contributed by atoms with van der Waals surface area (Å²) < 4.78 is 10.6. The van der Waals surface area contributed by atoms with E-state index in [0.717, 1.165) is 57.2 Å². The van der Waals surface area contributed by atoms with Gasteiger partial charge in [-0.05, 0) is 42.9 Å². The first kappa shape index (κ1) is 21.1. The highest BCUT2D eigenvalue weighted by molar-refractivity contribution is 5.80. The van der Waals surface area contributed by atoms with Gasteiger partial charge in [-0.2, -0.15) is 0 Å². The fourth-order valence-electron chi connectivity index (χ4n) is 3.16. The third kappa shape index (κ3) is 6.77. The van der Waals surface area contributed by atoms with E-state index in [2.05, 4.69) is 41.2 Å². The minimum atomic E-state index is -0.0987. The molecule has 1 heterocycles. The van der Waals surface area contributed by atoms with Crippen molar-refractivity contribution in [3.8, 4) is 5.75 Å². The third-order valence-electron chi connectivity index (χ3n) is 4.74. The molecule has 0 aromatic heterocycles. The molecule has 6 nitrogen and oxygen atoms in total. The van der Waals surface area contributed by atoms with Crippen molar-refractivity contribution in [2.24, 2.45) is 16.8 Å². The molecule has 1 aromatic rings. The minimum Gasteiger partial charge on any atom is -0.493 e. The van der Waals surface area contributed by atoms with Gasteiger partial charge in [0.15, 0.2) is 5.96 Å². The van der Waals surface area contributed by atoms with Gasteiger partial charge in [0.2, 0.25) is 0 Å². The highest BCUT2D eigenvalue weighted by Crippen LogP contribution is 2.18. The Morgan fingerprint density at radius 3 is 2.48 bits per heavy atom. The van der Waals surface area contributed by atoms with Crippen LogP contribution in [0.4, 0.5) is 0 Å². The second-order valence-electron chi connectivity index (χ2n) is 7.36. The average molecular weight is 376 g/mol. The smallest absolute Gasteiger partial charge is 0.308 e. The number of methoxy groups -OCH3 is 1. The summed E-state index contributed by atoms with van der Waals surface area (Å²) in [5.41, 5.74) is 1.26. The number of nitrogens with zero attached hydrogens (tertiary/aromatic N) is 2. The monoisotopic (exact) mass is 375 g/mol. The molecule has 0 radical (unpaired) electrons. The molecule has 1 aliphatic rings. The predicted octanol–water partition coefficient (Wildman–Crippen LogP) is 2.72. The van der Waals surface area contributed by atoms with Crippen molar-refractivity contribution in [1.82, 2.24) is 10.2 Å². The summed E-state index contributed by atoms with van der Waals surface area (Å²) in [6.07, 6.45) is 2.54. The van der Waals surface area contributed by atoms with E-state index >= 15 is 0 Å². The normalized spacial score (nSPS) is 15.7. The summed E-state index contributed by atoms with van der Waals surface area (Å²) in [7, 11) is 3.26. The van der Waals surface area contributed by atoms with E-state index in [0.29, 0.717) is 5.92 Å². The molecule has 0 atom stereocenters. The molecule has 1 saturated heterocycles. The number of ether oxygens (including phenoxy) is 2. The lowest BCUT2D eigenvalue weighted by molar-refractivity contribution is -0.146. The SMILES string of the molecule is CN=C(NCCc1ccc(OCC(C)C)cc1)N1CCC(C(=O)OC)CC1. The molecule has 27 heavy (non-hydrogen) atoms. The average Bonchev–Trinajstić information content (AvgIpc) is 2.70. The molecule has 1 N–H and O–H groups in total. The Morgan fingerprint density at radius 1 is 1.26 bits per heavy atom. The van der Waals surface area contributed by atoms with Gasteiger partial charge in [-0.15, -0.1) is 0 Å². The van der Waals surface area contributed by atoms with Crippen molar-refractivity contribution in [2.45, 2.75) is 33.1 Å². The summed E-state index contributed by atoms with van der Waals surface area (Å²) in [5, 5.41) is 3.43. The lowest BCUT2D eigenvalue weighted by atomic mass is 9.97. The Balaban J connectivity index is 1.74. The Morgan fingerprint density at radius 2 is 1.93 bits per heavy atom. The summed E-state index contributed by atoms with van der Waals surface area (Å²) in [5.74, 6) is 2.26. The lowest BCUT2D eigenvalue weighted by Crippen LogP contribution is -2.47. The van der Waals surface area contributed by atoms with Crippen molar-refractivity contribution in [3.63, 3.8) is 0 Å². The maximum atomic E-state index is 11.6. The molecule has 0 aliphatic carbocycles. The van der Waals surface area contributed by atoms with Crippen molar-refractivity contribution < 1.29 is 14.3 Å². The minimum absolute atomic E-state index is 0.0146. The quantitative estimate of drug-likeness (QED) is 0.451. The van der Waals surface area contributed by atoms with Crippen LogP contribution in [0.15, 0.2) is 29.3 Å². The molecule has 150 valence electrons. The van der Waals surface area contributed by atoms with Crippen LogP contribution in [0.2, 0.25) is 0 Å². The van der Waals surface area contributed by atoms with Gasteiger partial charge in [0.25, 0.3) is 0 Å². The number of carbonyl (C=O) groups excluding carboxylic acids is 1. The fourth-order valence-corrected chi connectivity index (χ4v) is 3.16. The van der Waals surface area contributed by atoms with Crippen LogP contribution in [0.5, 0.6) is 5.75 Å². The number of hydrogen-bond donors (Lipinski definition) is 1. The molecule has 1 aromatic carbocycles. The molecule has 0 spiro atoms. The zero-order valence-electron chi connectivity index (χ0n) is 17.0. The first-order valence-corrected chi connectivity index (χ1v) is 9.78. The number of guanidine groups is 1. The molecule has 1 aliphatic heterocycles. The molecular formula is C21H33N3O3. The maximum absolute atomic E-state index is 11.6. The second kappa shape index (κ2) is 10.8. The van der Waals surface area contributed by atoms with Crippen molar-refractivity contribution in [2.75, 3.05) is 40.4 Å². The topological polar surface area (TPSA) is 63.2 Å². The number of hydrogen-bond acceptors (Lipinski definition) is 4. The third-order valence-corrected chi connectivity index (χ3v) is 4.74. The Hall–Kier alpha value is -2.24. The first-order valence-electron chi connectivity index (χ1n) is 9.78. The van der Waals surface area contributed by atoms with Crippen LogP contribution in [0.25, 0.3) is 0 Å². The van der Waals surface area contributed by atoms with Gasteiger partial charge >= 0.3 is 5.97 Å². The van der Waals surface area contributed by atoms with E-state index in [9.17, 15) is 4.79 Å². The van der Waals surface area contributed by atoms with E-state index in [1.807, 2.05) is 12.1 Å². The van der Waals surface area contributed by atoms with Crippen LogP contribution in [-0.2, 0) is 16.0 Å². The molecule has 6 heteroatoms. The van der Waals surface area contributed by atoms with Crippen LogP contribution < -0.4 is 10.1 Å². The van der Waals surface area contributed by atoms with E-state index in [1.54, 1.807) is 7.05 Å². The van der Waals surface area contributed by atoms with Crippen molar-refractivity contribution in [3.05, 3.63) is 29.8 Å². The summed E-state index contributed by atoms with van der Waals surface area (Å²) in [6.45, 7) is 7.48. The standard InChI is InChI=1S/C21H33N3O3/c1-16(2)15-27-19-7-5-17(6-8-19)9-12-23-21(22-3)24-13-10-18(11-14-24)20(25)26-4/h5-8,16,18H,9-15H2,1-4H3,(H,22,23). The molecule has 0 saturated carbocycles. The fraction of sp³-hybridized carbons (Fsp3) is 0.619. The zero-order chi connectivity index (χ0) is 19.6. The van der Waals surface area contributed by atoms with Gasteiger partial charge in [0.05, 0.1) is 19.6 Å².